The number of piperidine rings is 1. The Bertz CT molecular complexity index is 223. The van der Waals surface area contributed by atoms with E-state index in [1.165, 1.54) is 25.8 Å². The summed E-state index contributed by atoms with van der Waals surface area (Å²) in [4.78, 5) is 2.60. The maximum absolute atomic E-state index is 5.62. The number of methoxy groups -OCH3 is 1. The van der Waals surface area contributed by atoms with Crippen LogP contribution in [-0.2, 0) is 4.74 Å². The van der Waals surface area contributed by atoms with E-state index in [4.69, 9.17) is 4.74 Å². The van der Waals surface area contributed by atoms with Crippen LogP contribution >= 0.6 is 0 Å². The minimum Gasteiger partial charge on any atom is -0.380 e. The summed E-state index contributed by atoms with van der Waals surface area (Å²) in [5.41, 5.74) is 0. The van der Waals surface area contributed by atoms with Crippen LogP contribution in [0.2, 0.25) is 0 Å². The molecule has 0 aliphatic carbocycles. The first-order chi connectivity index (χ1) is 8.63. The second-order valence-corrected chi connectivity index (χ2v) is 5.74. The molecule has 0 saturated carbocycles. The van der Waals surface area contributed by atoms with Gasteiger partial charge in [-0.1, -0.05) is 20.8 Å². The van der Waals surface area contributed by atoms with Crippen molar-refractivity contribution < 1.29 is 4.74 Å². The van der Waals surface area contributed by atoms with Gasteiger partial charge >= 0.3 is 0 Å². The zero-order valence-corrected chi connectivity index (χ0v) is 12.9. The van der Waals surface area contributed by atoms with Crippen LogP contribution in [0, 0.1) is 5.92 Å². The van der Waals surface area contributed by atoms with Crippen molar-refractivity contribution in [3.8, 4) is 0 Å². The molecule has 0 aromatic rings. The first-order valence-corrected chi connectivity index (χ1v) is 7.64. The fraction of sp³-hybridized carbons (Fsp3) is 1.00. The van der Waals surface area contributed by atoms with Crippen LogP contribution in [-0.4, -0.2) is 49.8 Å². The Kier molecular flexibility index (Phi) is 7.20. The molecule has 1 aliphatic rings. The van der Waals surface area contributed by atoms with E-state index in [-0.39, 0.29) is 0 Å². The van der Waals surface area contributed by atoms with Gasteiger partial charge in [0.15, 0.2) is 0 Å². The van der Waals surface area contributed by atoms with Crippen LogP contribution in [0.1, 0.15) is 47.0 Å². The minimum absolute atomic E-state index is 0.407. The molecule has 1 saturated heterocycles. The number of hydrogen-bond acceptors (Lipinski definition) is 3. The molecule has 18 heavy (non-hydrogen) atoms. The Labute approximate surface area is 113 Å². The van der Waals surface area contributed by atoms with Gasteiger partial charge in [0.2, 0.25) is 0 Å². The Morgan fingerprint density at radius 1 is 1.39 bits per heavy atom. The molecule has 0 aromatic heterocycles. The first kappa shape index (κ1) is 15.9. The van der Waals surface area contributed by atoms with Crippen molar-refractivity contribution in [1.82, 2.24) is 10.2 Å². The van der Waals surface area contributed by atoms with Gasteiger partial charge in [0.1, 0.15) is 0 Å². The number of nitrogens with zero attached hydrogens (tertiary/aromatic N) is 1. The van der Waals surface area contributed by atoms with Crippen molar-refractivity contribution in [2.75, 3.05) is 26.7 Å². The molecule has 1 N–H and O–H groups in total. The molecule has 1 heterocycles. The summed E-state index contributed by atoms with van der Waals surface area (Å²) in [7, 11) is 1.85. The summed E-state index contributed by atoms with van der Waals surface area (Å²) in [6, 6.07) is 1.21. The van der Waals surface area contributed by atoms with Gasteiger partial charge in [0, 0.05) is 25.7 Å². The van der Waals surface area contributed by atoms with Gasteiger partial charge in [0.05, 0.1) is 6.10 Å². The summed E-state index contributed by atoms with van der Waals surface area (Å²) < 4.78 is 5.62. The van der Waals surface area contributed by atoms with E-state index in [0.29, 0.717) is 24.1 Å². The highest BCUT2D eigenvalue weighted by Crippen LogP contribution is 2.22. The highest BCUT2D eigenvalue weighted by Gasteiger charge is 2.30. The van der Waals surface area contributed by atoms with E-state index in [2.05, 4.69) is 37.9 Å². The number of likely N-dealkylation sites (tertiary alicyclic amines) is 1. The van der Waals surface area contributed by atoms with Crippen LogP contribution < -0.4 is 5.32 Å². The van der Waals surface area contributed by atoms with Gasteiger partial charge in [-0.2, -0.15) is 0 Å². The predicted octanol–water partition coefficient (Wildman–Crippen LogP) is 2.51. The molecule has 1 rings (SSSR count). The molecule has 4 unspecified atom stereocenters. The minimum atomic E-state index is 0.407. The van der Waals surface area contributed by atoms with E-state index >= 15 is 0 Å². The third-order valence-corrected chi connectivity index (χ3v) is 4.48. The Hall–Kier alpha value is -0.120. The zero-order valence-electron chi connectivity index (χ0n) is 12.9. The average Bonchev–Trinajstić information content (AvgIpc) is 2.40. The molecule has 0 amide bonds. The molecule has 0 aromatic carbocycles. The van der Waals surface area contributed by atoms with Gasteiger partial charge in [0.25, 0.3) is 0 Å². The lowest BCUT2D eigenvalue weighted by Gasteiger charge is -2.42. The van der Waals surface area contributed by atoms with Gasteiger partial charge in [-0.25, -0.2) is 0 Å². The lowest BCUT2D eigenvalue weighted by Crippen LogP contribution is -2.54. The summed E-state index contributed by atoms with van der Waals surface area (Å²) >= 11 is 0. The molecular formula is C15H32N2O. The zero-order chi connectivity index (χ0) is 13.5. The Morgan fingerprint density at radius 3 is 2.67 bits per heavy atom. The van der Waals surface area contributed by atoms with Crippen molar-refractivity contribution in [2.45, 2.75) is 65.1 Å². The Morgan fingerprint density at radius 2 is 2.11 bits per heavy atom. The lowest BCUT2D eigenvalue weighted by atomic mass is 9.93. The molecule has 0 radical (unpaired) electrons. The van der Waals surface area contributed by atoms with Crippen molar-refractivity contribution >= 4 is 0 Å². The summed E-state index contributed by atoms with van der Waals surface area (Å²) in [6.07, 6.45) is 4.07. The van der Waals surface area contributed by atoms with Crippen LogP contribution in [0.15, 0.2) is 0 Å². The molecule has 108 valence electrons. The van der Waals surface area contributed by atoms with Crippen molar-refractivity contribution in [1.29, 1.82) is 0 Å². The van der Waals surface area contributed by atoms with Gasteiger partial charge in [-0.15, -0.1) is 0 Å². The van der Waals surface area contributed by atoms with Gasteiger partial charge in [-0.05, 0) is 45.2 Å². The molecule has 4 atom stereocenters. The predicted molar refractivity (Wildman–Crippen MR) is 78.0 cm³/mol. The fourth-order valence-electron chi connectivity index (χ4n) is 2.97. The number of ether oxygens (including phenoxy) is 1. The second-order valence-electron chi connectivity index (χ2n) is 5.74. The number of hydrogen-bond donors (Lipinski definition) is 1. The van der Waals surface area contributed by atoms with Crippen LogP contribution in [0.25, 0.3) is 0 Å². The largest absolute Gasteiger partial charge is 0.380 e. The van der Waals surface area contributed by atoms with E-state index in [1.54, 1.807) is 0 Å². The van der Waals surface area contributed by atoms with Crippen LogP contribution in [0.4, 0.5) is 0 Å². The van der Waals surface area contributed by atoms with Crippen molar-refractivity contribution in [3.05, 3.63) is 0 Å². The summed E-state index contributed by atoms with van der Waals surface area (Å²) in [5, 5.41) is 3.68. The van der Waals surface area contributed by atoms with E-state index in [0.717, 1.165) is 13.1 Å². The molecule has 1 fully saturated rings. The van der Waals surface area contributed by atoms with Crippen LogP contribution in [0.3, 0.4) is 0 Å². The summed E-state index contributed by atoms with van der Waals surface area (Å²) in [5.74, 6) is 0.696. The second kappa shape index (κ2) is 8.13. The standard InChI is InChI=1S/C15H32N2O/c1-6-9-16-14(7-2)13(4)17-10-8-12(3)15(11-17)18-5/h12-16H,6-11H2,1-5H3. The topological polar surface area (TPSA) is 24.5 Å². The smallest absolute Gasteiger partial charge is 0.0724 e. The Balaban J connectivity index is 2.51. The fourth-order valence-corrected chi connectivity index (χ4v) is 2.97. The van der Waals surface area contributed by atoms with Gasteiger partial charge in [-0.3, -0.25) is 4.90 Å². The summed E-state index contributed by atoms with van der Waals surface area (Å²) in [6.45, 7) is 12.6. The third-order valence-electron chi connectivity index (χ3n) is 4.48. The monoisotopic (exact) mass is 256 g/mol. The van der Waals surface area contributed by atoms with E-state index in [1.807, 2.05) is 7.11 Å². The number of rotatable bonds is 7. The average molecular weight is 256 g/mol. The van der Waals surface area contributed by atoms with Crippen molar-refractivity contribution in [3.63, 3.8) is 0 Å². The maximum Gasteiger partial charge on any atom is 0.0724 e. The molecule has 3 nitrogen and oxygen atoms in total. The molecule has 0 spiro atoms. The maximum atomic E-state index is 5.62. The van der Waals surface area contributed by atoms with Crippen LogP contribution in [0.5, 0.6) is 0 Å². The van der Waals surface area contributed by atoms with Gasteiger partial charge < -0.3 is 10.1 Å². The molecule has 0 bridgehead atoms. The lowest BCUT2D eigenvalue weighted by molar-refractivity contribution is -0.0218. The third kappa shape index (κ3) is 4.22. The SMILES string of the molecule is CCCNC(CC)C(C)N1CCC(C)C(OC)C1. The molecule has 3 heteroatoms. The van der Waals surface area contributed by atoms with E-state index < -0.39 is 0 Å². The normalized spacial score (nSPS) is 29.2. The highest BCUT2D eigenvalue weighted by molar-refractivity contribution is 4.86. The first-order valence-electron chi connectivity index (χ1n) is 7.64. The molecule has 1 aliphatic heterocycles. The van der Waals surface area contributed by atoms with E-state index in [9.17, 15) is 0 Å². The molecular weight excluding hydrogens is 224 g/mol. The quantitative estimate of drug-likeness (QED) is 0.757. The highest BCUT2D eigenvalue weighted by atomic mass is 16.5. The number of nitrogens with one attached hydrogen (secondary N) is 1. The van der Waals surface area contributed by atoms with Crippen molar-refractivity contribution in [2.24, 2.45) is 5.92 Å².